The second-order valence-corrected chi connectivity index (χ2v) is 4.58. The van der Waals surface area contributed by atoms with E-state index in [0.29, 0.717) is 0 Å². The van der Waals surface area contributed by atoms with E-state index in [1.54, 1.807) is 11.8 Å². The van der Waals surface area contributed by atoms with Crippen LogP contribution in [0, 0.1) is 6.92 Å². The van der Waals surface area contributed by atoms with Gasteiger partial charge in [-0.25, -0.2) is 4.98 Å². The van der Waals surface area contributed by atoms with Crippen molar-refractivity contribution in [2.75, 3.05) is 0 Å². The van der Waals surface area contributed by atoms with Crippen LogP contribution in [0.4, 0.5) is 0 Å². The predicted octanol–water partition coefficient (Wildman–Crippen LogP) is 4.18. The van der Waals surface area contributed by atoms with Crippen LogP contribution in [0.5, 0.6) is 0 Å². The molecular formula is C14H13NS. The molecule has 0 unspecified atom stereocenters. The fourth-order valence-electron chi connectivity index (χ4n) is 1.36. The first-order chi connectivity index (χ1) is 7.79. The Balaban J connectivity index is 2.26. The van der Waals surface area contributed by atoms with Crippen LogP contribution in [0.25, 0.3) is 6.08 Å². The van der Waals surface area contributed by atoms with Gasteiger partial charge in [0.25, 0.3) is 0 Å². The van der Waals surface area contributed by atoms with Crippen molar-refractivity contribution >= 4 is 17.8 Å². The summed E-state index contributed by atoms with van der Waals surface area (Å²) >= 11 is 1.67. The Hall–Kier alpha value is -1.54. The Kier molecular flexibility index (Phi) is 3.42. The van der Waals surface area contributed by atoms with Crippen molar-refractivity contribution in [2.45, 2.75) is 16.8 Å². The molecule has 1 nitrogen and oxygen atoms in total. The molecule has 2 heteroatoms. The monoisotopic (exact) mass is 227 g/mol. The topological polar surface area (TPSA) is 12.9 Å². The third-order valence-corrected chi connectivity index (χ3v) is 3.30. The zero-order chi connectivity index (χ0) is 11.4. The van der Waals surface area contributed by atoms with Gasteiger partial charge in [0, 0.05) is 16.7 Å². The Morgan fingerprint density at radius 3 is 2.62 bits per heavy atom. The largest absolute Gasteiger partial charge is 0.249 e. The molecule has 0 saturated heterocycles. The molecule has 0 atom stereocenters. The molecular weight excluding hydrogens is 214 g/mol. The Labute approximate surface area is 100 Å². The van der Waals surface area contributed by atoms with E-state index in [0.717, 1.165) is 10.6 Å². The van der Waals surface area contributed by atoms with Crippen molar-refractivity contribution in [3.63, 3.8) is 0 Å². The van der Waals surface area contributed by atoms with Crippen molar-refractivity contribution in [3.8, 4) is 0 Å². The number of rotatable bonds is 3. The smallest absolute Gasteiger partial charge is 0.108 e. The molecule has 0 bridgehead atoms. The molecule has 0 aliphatic heterocycles. The zero-order valence-electron chi connectivity index (χ0n) is 9.18. The lowest BCUT2D eigenvalue weighted by Gasteiger charge is -2.04. The number of aryl methyl sites for hydroxylation is 1. The van der Waals surface area contributed by atoms with Gasteiger partial charge in [0.15, 0.2) is 0 Å². The molecule has 0 aliphatic rings. The number of aromatic nitrogens is 1. The second kappa shape index (κ2) is 4.99. The van der Waals surface area contributed by atoms with Crippen molar-refractivity contribution in [3.05, 3.63) is 60.3 Å². The number of hydrogen-bond donors (Lipinski definition) is 0. The molecule has 0 fully saturated rings. The molecule has 0 saturated carbocycles. The maximum absolute atomic E-state index is 4.36. The molecule has 1 aromatic heterocycles. The number of nitrogens with zero attached hydrogens (tertiary/aromatic N) is 1. The van der Waals surface area contributed by atoms with Crippen LogP contribution in [-0.2, 0) is 0 Å². The van der Waals surface area contributed by atoms with Crippen LogP contribution < -0.4 is 0 Å². The third kappa shape index (κ3) is 2.52. The third-order valence-electron chi connectivity index (χ3n) is 2.26. The van der Waals surface area contributed by atoms with Gasteiger partial charge in [0.05, 0.1) is 0 Å². The lowest BCUT2D eigenvalue weighted by atomic mass is 10.2. The molecule has 80 valence electrons. The molecule has 2 aromatic rings. The normalized spacial score (nSPS) is 10.1. The molecule has 16 heavy (non-hydrogen) atoms. The standard InChI is InChI=1S/C14H13NS/c1-3-12-5-4-10-15-14(12)16-13-8-6-11(2)7-9-13/h3-10H,1H2,2H3. The first-order valence-electron chi connectivity index (χ1n) is 5.11. The van der Waals surface area contributed by atoms with E-state index < -0.39 is 0 Å². The lowest BCUT2D eigenvalue weighted by molar-refractivity contribution is 1.12. The van der Waals surface area contributed by atoms with Gasteiger partial charge in [-0.2, -0.15) is 0 Å². The van der Waals surface area contributed by atoms with Gasteiger partial charge < -0.3 is 0 Å². The maximum atomic E-state index is 4.36. The lowest BCUT2D eigenvalue weighted by Crippen LogP contribution is -1.84. The van der Waals surface area contributed by atoms with E-state index in [9.17, 15) is 0 Å². The van der Waals surface area contributed by atoms with Crippen LogP contribution in [0.3, 0.4) is 0 Å². The van der Waals surface area contributed by atoms with Gasteiger partial charge >= 0.3 is 0 Å². The Morgan fingerprint density at radius 2 is 1.94 bits per heavy atom. The molecule has 0 spiro atoms. The predicted molar refractivity (Wildman–Crippen MR) is 69.6 cm³/mol. The van der Waals surface area contributed by atoms with E-state index in [4.69, 9.17) is 0 Å². The van der Waals surface area contributed by atoms with E-state index in [2.05, 4.69) is 42.8 Å². The molecule has 0 radical (unpaired) electrons. The highest BCUT2D eigenvalue weighted by Gasteiger charge is 2.02. The Bertz CT molecular complexity index is 488. The number of pyridine rings is 1. The van der Waals surface area contributed by atoms with E-state index in [1.165, 1.54) is 10.5 Å². The fourth-order valence-corrected chi connectivity index (χ4v) is 2.24. The minimum absolute atomic E-state index is 1.00. The maximum Gasteiger partial charge on any atom is 0.108 e. The first-order valence-corrected chi connectivity index (χ1v) is 5.93. The summed E-state index contributed by atoms with van der Waals surface area (Å²) in [5, 5.41) is 1.00. The van der Waals surface area contributed by atoms with Crippen molar-refractivity contribution in [1.82, 2.24) is 4.98 Å². The van der Waals surface area contributed by atoms with Gasteiger partial charge in [-0.05, 0) is 25.1 Å². The average molecular weight is 227 g/mol. The van der Waals surface area contributed by atoms with Gasteiger partial charge in [0.1, 0.15) is 5.03 Å². The van der Waals surface area contributed by atoms with Crippen LogP contribution in [0.1, 0.15) is 11.1 Å². The van der Waals surface area contributed by atoms with Crippen LogP contribution in [0.15, 0.2) is 59.1 Å². The summed E-state index contributed by atoms with van der Waals surface area (Å²) in [5.74, 6) is 0. The van der Waals surface area contributed by atoms with Crippen LogP contribution in [-0.4, -0.2) is 4.98 Å². The number of benzene rings is 1. The van der Waals surface area contributed by atoms with Gasteiger partial charge in [-0.3, -0.25) is 0 Å². The molecule has 0 aliphatic carbocycles. The molecule has 0 N–H and O–H groups in total. The highest BCUT2D eigenvalue weighted by Crippen LogP contribution is 2.28. The summed E-state index contributed by atoms with van der Waals surface area (Å²) in [6.45, 7) is 5.88. The molecule has 2 rings (SSSR count). The summed E-state index contributed by atoms with van der Waals surface area (Å²) in [4.78, 5) is 5.56. The fraction of sp³-hybridized carbons (Fsp3) is 0.0714. The Morgan fingerprint density at radius 1 is 1.19 bits per heavy atom. The summed E-state index contributed by atoms with van der Waals surface area (Å²) in [7, 11) is 0. The van der Waals surface area contributed by atoms with E-state index in [1.807, 2.05) is 24.4 Å². The molecule has 1 aromatic carbocycles. The van der Waals surface area contributed by atoms with E-state index in [-0.39, 0.29) is 0 Å². The van der Waals surface area contributed by atoms with E-state index >= 15 is 0 Å². The summed E-state index contributed by atoms with van der Waals surface area (Å²) in [6, 6.07) is 12.4. The van der Waals surface area contributed by atoms with Gasteiger partial charge in [-0.15, -0.1) is 0 Å². The van der Waals surface area contributed by atoms with Crippen LogP contribution >= 0.6 is 11.8 Å². The van der Waals surface area contributed by atoms with Gasteiger partial charge in [0.2, 0.25) is 0 Å². The first kappa shape index (κ1) is 11.0. The minimum Gasteiger partial charge on any atom is -0.249 e. The quantitative estimate of drug-likeness (QED) is 0.780. The molecule has 0 amide bonds. The highest BCUT2D eigenvalue weighted by molar-refractivity contribution is 7.99. The average Bonchev–Trinajstić information content (AvgIpc) is 2.33. The van der Waals surface area contributed by atoms with Gasteiger partial charge in [-0.1, -0.05) is 48.2 Å². The zero-order valence-corrected chi connectivity index (χ0v) is 10.00. The summed E-state index contributed by atoms with van der Waals surface area (Å²) in [6.07, 6.45) is 3.65. The van der Waals surface area contributed by atoms with Crippen LogP contribution in [0.2, 0.25) is 0 Å². The van der Waals surface area contributed by atoms with Crippen molar-refractivity contribution in [1.29, 1.82) is 0 Å². The van der Waals surface area contributed by atoms with Crippen molar-refractivity contribution in [2.24, 2.45) is 0 Å². The van der Waals surface area contributed by atoms with Crippen molar-refractivity contribution < 1.29 is 0 Å². The minimum atomic E-state index is 1.00. The second-order valence-electron chi connectivity index (χ2n) is 3.52. The molecule has 1 heterocycles. The summed E-state index contributed by atoms with van der Waals surface area (Å²) < 4.78 is 0. The summed E-state index contributed by atoms with van der Waals surface area (Å²) in [5.41, 5.74) is 2.35. The highest BCUT2D eigenvalue weighted by atomic mass is 32.2. The SMILES string of the molecule is C=Cc1cccnc1Sc1ccc(C)cc1. The number of hydrogen-bond acceptors (Lipinski definition) is 2.